The van der Waals surface area contributed by atoms with Crippen LogP contribution in [0.3, 0.4) is 0 Å². The Hall–Kier alpha value is -3.12. The van der Waals surface area contributed by atoms with Gasteiger partial charge in [0.2, 0.25) is 0 Å². The SMILES string of the molecule is CC/C=C\C/C=C\C/C=C\C/C=C\C/C=C\CCCCCC(=O)O[C@@H]1COC(=O)CCCCCC[C@@H]2[C@@H](O)[C@H](O)[C@@H](O)[C@H](OP(=O)(O)OC1)[C@H](O)[C@H](O)[C@@H](/C=C/[C@@H](O)CCCCC)C(=O)C[C@@H]2O. The van der Waals surface area contributed by atoms with Crippen molar-refractivity contribution in [3.63, 3.8) is 0 Å². The lowest BCUT2D eigenvalue weighted by atomic mass is 9.82. The van der Waals surface area contributed by atoms with Crippen LogP contribution in [0.1, 0.15) is 149 Å². The minimum absolute atomic E-state index is 0.0121. The highest BCUT2D eigenvalue weighted by molar-refractivity contribution is 7.47. The first-order valence-corrected chi connectivity index (χ1v) is 26.3. The van der Waals surface area contributed by atoms with E-state index in [-0.39, 0.29) is 19.3 Å². The van der Waals surface area contributed by atoms with Crippen LogP contribution in [0, 0.1) is 11.8 Å². The minimum atomic E-state index is -5.47. The van der Waals surface area contributed by atoms with Crippen molar-refractivity contribution in [3.05, 3.63) is 72.9 Å². The van der Waals surface area contributed by atoms with Crippen LogP contribution in [0.25, 0.3) is 0 Å². The van der Waals surface area contributed by atoms with E-state index in [0.717, 1.165) is 63.9 Å². The lowest BCUT2D eigenvalue weighted by Crippen LogP contribution is -2.55. The number of hydrogen-bond acceptors (Lipinski definition) is 15. The van der Waals surface area contributed by atoms with Gasteiger partial charge in [0.15, 0.2) is 6.10 Å². The molecule has 2 rings (SSSR count). The van der Waals surface area contributed by atoms with Gasteiger partial charge in [-0.1, -0.05) is 132 Å². The minimum Gasteiger partial charge on any atom is -0.462 e. The zero-order chi connectivity index (χ0) is 50.2. The summed E-state index contributed by atoms with van der Waals surface area (Å²) < 4.78 is 34.7. The van der Waals surface area contributed by atoms with E-state index in [4.69, 9.17) is 18.5 Å². The van der Waals surface area contributed by atoms with Crippen molar-refractivity contribution < 1.29 is 78.1 Å². The number of carbonyl (C=O) groups excluding carboxylic acids is 3. The van der Waals surface area contributed by atoms with Gasteiger partial charge in [0.1, 0.15) is 36.8 Å². The van der Waals surface area contributed by atoms with E-state index < -0.39 is 112 Å². The van der Waals surface area contributed by atoms with Gasteiger partial charge in [-0.25, -0.2) is 4.57 Å². The molecule has 388 valence electrons. The van der Waals surface area contributed by atoms with Gasteiger partial charge in [-0.2, -0.15) is 0 Å². The number of Topliss-reactive ketones (excluding diaryl/α,β-unsaturated/α-hetero) is 1. The van der Waals surface area contributed by atoms with Crippen LogP contribution in [-0.4, -0.2) is 127 Å². The molecule has 17 heteroatoms. The van der Waals surface area contributed by atoms with E-state index >= 15 is 0 Å². The number of ketones is 1. The normalized spacial score (nSPS) is 30.9. The van der Waals surface area contributed by atoms with Gasteiger partial charge in [-0.05, 0) is 70.6 Å². The van der Waals surface area contributed by atoms with E-state index in [1.165, 1.54) is 6.08 Å². The Bertz CT molecular complexity index is 1640. The molecule has 0 aromatic heterocycles. The Morgan fingerprint density at radius 2 is 1.35 bits per heavy atom. The summed E-state index contributed by atoms with van der Waals surface area (Å²) in [6.07, 6.45) is 17.2. The highest BCUT2D eigenvalue weighted by Crippen LogP contribution is 2.47. The fraction of sp³-hybridized carbons (Fsp3) is 0.706. The van der Waals surface area contributed by atoms with E-state index in [0.29, 0.717) is 51.4 Å². The van der Waals surface area contributed by atoms with Gasteiger partial charge in [0, 0.05) is 25.2 Å². The maximum atomic E-state index is 13.7. The smallest absolute Gasteiger partial charge is 0.462 e. The van der Waals surface area contributed by atoms with Crippen molar-refractivity contribution in [2.75, 3.05) is 13.2 Å². The molecule has 0 radical (unpaired) electrons. The molecule has 1 aliphatic carbocycles. The Morgan fingerprint density at radius 3 is 2.00 bits per heavy atom. The van der Waals surface area contributed by atoms with Crippen LogP contribution >= 0.6 is 7.82 Å². The van der Waals surface area contributed by atoms with Gasteiger partial charge in [-0.3, -0.25) is 23.4 Å². The number of phosphoric acid groups is 1. The van der Waals surface area contributed by atoms with Crippen molar-refractivity contribution in [3.8, 4) is 0 Å². The number of ether oxygens (including phenoxy) is 2. The second-order valence-corrected chi connectivity index (χ2v) is 19.1. The molecule has 1 heterocycles. The molecule has 2 bridgehead atoms. The van der Waals surface area contributed by atoms with Gasteiger partial charge in [0.05, 0.1) is 36.9 Å². The van der Waals surface area contributed by atoms with Crippen molar-refractivity contribution >= 4 is 25.5 Å². The zero-order valence-electron chi connectivity index (χ0n) is 40.3. The summed E-state index contributed by atoms with van der Waals surface area (Å²) in [6, 6.07) is 0. The average Bonchev–Trinajstić information content (AvgIpc) is 3.31. The predicted molar refractivity (Wildman–Crippen MR) is 259 cm³/mol. The Morgan fingerprint density at radius 1 is 0.735 bits per heavy atom. The number of allylic oxidation sites excluding steroid dienone is 10. The Balaban J connectivity index is 2.13. The second-order valence-electron chi connectivity index (χ2n) is 17.7. The molecule has 12 atom stereocenters. The van der Waals surface area contributed by atoms with E-state index in [1.54, 1.807) is 0 Å². The average molecular weight is 983 g/mol. The molecule has 8 N–H and O–H groups in total. The molecule has 0 aromatic rings. The largest absolute Gasteiger partial charge is 0.472 e. The molecule has 1 unspecified atom stereocenters. The maximum absolute atomic E-state index is 13.7. The predicted octanol–water partition coefficient (Wildman–Crippen LogP) is 6.87. The number of rotatable bonds is 22. The number of esters is 2. The lowest BCUT2D eigenvalue weighted by Gasteiger charge is -2.37. The lowest BCUT2D eigenvalue weighted by molar-refractivity contribution is -0.167. The van der Waals surface area contributed by atoms with Crippen LogP contribution < -0.4 is 0 Å². The Labute approximate surface area is 404 Å². The molecule has 0 amide bonds. The number of aliphatic hydroxyl groups is 7. The third kappa shape index (κ3) is 25.7. The van der Waals surface area contributed by atoms with Gasteiger partial charge < -0.3 is 50.1 Å². The van der Waals surface area contributed by atoms with Crippen LogP contribution in [0.4, 0.5) is 0 Å². The number of unbranched alkanes of at least 4 members (excludes halogenated alkanes) is 5. The summed E-state index contributed by atoms with van der Waals surface area (Å²) in [7, 11) is -5.47. The fourth-order valence-corrected chi connectivity index (χ4v) is 8.86. The zero-order valence-corrected chi connectivity index (χ0v) is 41.2. The molecule has 2 fully saturated rings. The maximum Gasteiger partial charge on any atom is 0.472 e. The van der Waals surface area contributed by atoms with Crippen molar-refractivity contribution in [1.29, 1.82) is 0 Å². The molecule has 16 nitrogen and oxygen atoms in total. The summed E-state index contributed by atoms with van der Waals surface area (Å²) in [4.78, 5) is 50.3. The first-order chi connectivity index (χ1) is 32.6. The summed E-state index contributed by atoms with van der Waals surface area (Å²) in [5.41, 5.74) is 0. The molecule has 1 saturated carbocycles. The number of carbonyl (C=O) groups is 3. The number of cyclic esters (lactones) is 1. The summed E-state index contributed by atoms with van der Waals surface area (Å²) >= 11 is 0. The summed E-state index contributed by atoms with van der Waals surface area (Å²) in [5.74, 6) is -5.05. The van der Waals surface area contributed by atoms with E-state index in [9.17, 15) is 59.6 Å². The molecule has 2 aliphatic rings. The van der Waals surface area contributed by atoms with Crippen LogP contribution in [0.15, 0.2) is 72.9 Å². The molecule has 1 aliphatic heterocycles. The van der Waals surface area contributed by atoms with Crippen molar-refractivity contribution in [2.45, 2.75) is 204 Å². The molecular weight excluding hydrogens is 900 g/mol. The third-order valence-corrected chi connectivity index (χ3v) is 12.9. The third-order valence-electron chi connectivity index (χ3n) is 11.9. The first kappa shape index (κ1) is 61.0. The molecule has 0 aromatic carbocycles. The second kappa shape index (κ2) is 35.9. The number of phosphoric ester groups is 1. The highest BCUT2D eigenvalue weighted by Gasteiger charge is 2.49. The molecular formula is C51H83O16P. The quantitative estimate of drug-likeness (QED) is 0.0238. The van der Waals surface area contributed by atoms with Gasteiger partial charge in [0.25, 0.3) is 0 Å². The number of fused-ring (bicyclic) bond motifs is 4. The standard InChI is InChI=1S/C51H83O16P/c1-3-5-7-8-9-10-11-12-13-14-15-16-17-18-19-20-21-22-28-32-45(56)66-39-36-64-44(55)31-27-24-23-26-30-40-42(53)35-43(54)41(34-33-38(52)29-25-6-4-2)47(58)49(60)51(50(61)48(59)46(40)57)67-68(62,63)65-37-39/h5,7,9-10,12-13,15-16,18-19,33-34,38-42,46-53,57-61H,3-4,6,8,11,14,17,20-32,35-37H2,1-2H3,(H,62,63)/b7-5-,10-9-,13-12-,16-15-,19-18-,34-33+/t38-,39+,40-,41-,42-,46+,47+,48-,49+,50+,51+/m0/s1. The molecule has 1 saturated heterocycles. The van der Waals surface area contributed by atoms with Crippen LogP contribution in [-0.2, 0) is 37.5 Å². The highest BCUT2D eigenvalue weighted by atomic mass is 31.2. The van der Waals surface area contributed by atoms with Gasteiger partial charge >= 0.3 is 19.8 Å². The van der Waals surface area contributed by atoms with Crippen LogP contribution in [0.5, 0.6) is 0 Å². The van der Waals surface area contributed by atoms with Crippen LogP contribution in [0.2, 0.25) is 0 Å². The summed E-state index contributed by atoms with van der Waals surface area (Å²) in [6.45, 7) is 2.67. The summed E-state index contributed by atoms with van der Waals surface area (Å²) in [5, 5.41) is 78.7. The first-order valence-electron chi connectivity index (χ1n) is 24.8. The van der Waals surface area contributed by atoms with E-state index in [1.807, 2.05) is 6.92 Å². The topological polar surface area (TPSA) is 267 Å². The van der Waals surface area contributed by atoms with Gasteiger partial charge in [-0.15, -0.1) is 0 Å². The molecule has 68 heavy (non-hydrogen) atoms. The molecule has 0 spiro atoms. The van der Waals surface area contributed by atoms with Crippen molar-refractivity contribution in [2.24, 2.45) is 11.8 Å². The number of aliphatic hydroxyl groups excluding tert-OH is 7. The Kier molecular flexibility index (Phi) is 32.2. The van der Waals surface area contributed by atoms with E-state index in [2.05, 4.69) is 67.7 Å². The van der Waals surface area contributed by atoms with Crippen molar-refractivity contribution in [1.82, 2.24) is 0 Å². The monoisotopic (exact) mass is 983 g/mol. The number of hydrogen-bond donors (Lipinski definition) is 8. The fourth-order valence-electron chi connectivity index (χ4n) is 7.89.